The largest absolute Gasteiger partial charge is 0.509 e. The van der Waals surface area contributed by atoms with E-state index in [0.29, 0.717) is 11.2 Å². The maximum atomic E-state index is 11.5. The van der Waals surface area contributed by atoms with Gasteiger partial charge in [0, 0.05) is 0 Å². The van der Waals surface area contributed by atoms with Crippen LogP contribution in [0, 0.1) is 0 Å². The summed E-state index contributed by atoms with van der Waals surface area (Å²) in [6.45, 7) is 1.32. The van der Waals surface area contributed by atoms with E-state index in [1.165, 1.54) is 10.9 Å². The van der Waals surface area contributed by atoms with Gasteiger partial charge in [0.05, 0.1) is 12.9 Å². The highest BCUT2D eigenvalue weighted by molar-refractivity contribution is 6.33. The van der Waals surface area contributed by atoms with Crippen molar-refractivity contribution >= 4 is 34.9 Å². The second-order valence-corrected chi connectivity index (χ2v) is 5.84. The minimum atomic E-state index is -1.15. The molecule has 11 heteroatoms. The Morgan fingerprint density at radius 1 is 1.52 bits per heavy atom. The molecule has 2 aliphatic heterocycles. The Labute approximate surface area is 134 Å². The van der Waals surface area contributed by atoms with E-state index in [4.69, 9.17) is 31.5 Å². The summed E-state index contributed by atoms with van der Waals surface area (Å²) in [5, 5.41) is 9.57. The molecule has 0 spiro atoms. The predicted octanol–water partition coefficient (Wildman–Crippen LogP) is 0.246. The number of nitrogens with two attached hydrogens (primary N) is 1. The molecular weight excluding hydrogens is 330 g/mol. The summed E-state index contributed by atoms with van der Waals surface area (Å²) < 4.78 is 17.7. The summed E-state index contributed by atoms with van der Waals surface area (Å²) in [4.78, 5) is 23.6. The summed E-state index contributed by atoms with van der Waals surface area (Å²) in [5.41, 5.74) is 5.14. The van der Waals surface area contributed by atoms with E-state index < -0.39 is 30.2 Å². The van der Waals surface area contributed by atoms with Crippen LogP contribution in [-0.4, -0.2) is 55.2 Å². The van der Waals surface area contributed by atoms with E-state index in [1.54, 1.807) is 6.92 Å². The van der Waals surface area contributed by atoms with Gasteiger partial charge in [0.25, 0.3) is 0 Å². The lowest BCUT2D eigenvalue weighted by Gasteiger charge is -2.26. The minimum Gasteiger partial charge on any atom is -0.424 e. The van der Waals surface area contributed by atoms with Crippen LogP contribution in [0.25, 0.3) is 11.2 Å². The fourth-order valence-corrected chi connectivity index (χ4v) is 3.26. The minimum absolute atomic E-state index is 0.0256. The highest BCUT2D eigenvalue weighted by atomic mass is 35.5. The zero-order valence-corrected chi connectivity index (χ0v) is 12.6. The maximum Gasteiger partial charge on any atom is 0.509 e. The first-order valence-electron chi connectivity index (χ1n) is 6.75. The number of hydrogen-bond acceptors (Lipinski definition) is 9. The second kappa shape index (κ2) is 4.66. The summed E-state index contributed by atoms with van der Waals surface area (Å²) in [6.07, 6.45) is -1.68. The molecular formula is C12H12ClN5O5. The molecule has 4 heterocycles. The summed E-state index contributed by atoms with van der Waals surface area (Å²) >= 11 is 6.01. The van der Waals surface area contributed by atoms with Crippen molar-refractivity contribution in [1.29, 1.82) is 0 Å². The molecule has 0 bridgehead atoms. The van der Waals surface area contributed by atoms with Gasteiger partial charge in [-0.2, -0.15) is 9.97 Å². The van der Waals surface area contributed by atoms with Crippen LogP contribution >= 0.6 is 11.6 Å². The molecule has 3 N–H and O–H groups in total. The Morgan fingerprint density at radius 2 is 2.30 bits per heavy atom. The zero-order valence-electron chi connectivity index (χ0n) is 11.8. The number of aliphatic hydroxyl groups excluding tert-OH is 1. The molecule has 0 aromatic carbocycles. The highest BCUT2D eigenvalue weighted by Crippen LogP contribution is 2.47. The van der Waals surface area contributed by atoms with Crippen molar-refractivity contribution in [2.24, 2.45) is 0 Å². The van der Waals surface area contributed by atoms with Crippen LogP contribution in [-0.2, 0) is 14.2 Å². The van der Waals surface area contributed by atoms with Crippen LogP contribution in [0.4, 0.5) is 10.7 Å². The first kappa shape index (κ1) is 14.4. The Hall–Kier alpha value is -2.17. The number of aliphatic hydroxyl groups is 1. The summed E-state index contributed by atoms with van der Waals surface area (Å²) in [6, 6.07) is 0. The van der Waals surface area contributed by atoms with Crippen LogP contribution in [0.3, 0.4) is 0 Å². The second-order valence-electron chi connectivity index (χ2n) is 5.48. The monoisotopic (exact) mass is 341 g/mol. The molecule has 10 nitrogen and oxygen atoms in total. The number of anilines is 1. The third-order valence-corrected chi connectivity index (χ3v) is 4.32. The fourth-order valence-electron chi connectivity index (χ4n) is 3.04. The number of aromatic nitrogens is 4. The van der Waals surface area contributed by atoms with Crippen molar-refractivity contribution in [3.8, 4) is 0 Å². The quantitative estimate of drug-likeness (QED) is 0.581. The van der Waals surface area contributed by atoms with E-state index in [2.05, 4.69) is 15.0 Å². The molecule has 0 radical (unpaired) electrons. The average Bonchev–Trinajstić information content (AvgIpc) is 3.08. The number of nitrogens with zero attached hydrogens (tertiary/aromatic N) is 4. The molecule has 0 amide bonds. The van der Waals surface area contributed by atoms with Gasteiger partial charge in [0.1, 0.15) is 11.6 Å². The molecule has 2 aromatic rings. The van der Waals surface area contributed by atoms with E-state index in [-0.39, 0.29) is 17.7 Å². The normalized spacial score (nSPS) is 32.8. The van der Waals surface area contributed by atoms with Crippen molar-refractivity contribution in [2.75, 3.05) is 12.3 Å². The first-order valence-corrected chi connectivity index (χ1v) is 7.13. The number of hydrogen-bond donors (Lipinski definition) is 2. The Kier molecular flexibility index (Phi) is 2.92. The molecule has 122 valence electrons. The van der Waals surface area contributed by atoms with E-state index in [1.807, 2.05) is 0 Å². The summed E-state index contributed by atoms with van der Waals surface area (Å²) in [5.74, 6) is -0.0256. The summed E-state index contributed by atoms with van der Waals surface area (Å²) in [7, 11) is 0. The average molecular weight is 342 g/mol. The molecule has 2 aliphatic rings. The Balaban J connectivity index is 1.86. The van der Waals surface area contributed by atoms with Crippen molar-refractivity contribution < 1.29 is 24.1 Å². The number of carbonyl (C=O) groups is 1. The van der Waals surface area contributed by atoms with Crippen molar-refractivity contribution in [1.82, 2.24) is 19.5 Å². The van der Waals surface area contributed by atoms with Crippen molar-refractivity contribution in [3.63, 3.8) is 0 Å². The number of ether oxygens (including phenoxy) is 3. The van der Waals surface area contributed by atoms with Gasteiger partial charge in [-0.15, -0.1) is 0 Å². The third kappa shape index (κ3) is 1.89. The molecule has 4 rings (SSSR count). The standard InChI is InChI=1S/C12H12ClN5O5/c1-12-6(22-11(20)23-12)4(2-19)21-9(12)18-3-15-5-7(13)16-10(14)17-8(5)18/h3-4,6,9,19H,2H2,1H3,(H2,14,16,17)/t4-,6?,9-,12-/m1/s1. The van der Waals surface area contributed by atoms with E-state index >= 15 is 0 Å². The van der Waals surface area contributed by atoms with Crippen LogP contribution in [0.5, 0.6) is 0 Å². The van der Waals surface area contributed by atoms with Gasteiger partial charge >= 0.3 is 6.16 Å². The maximum absolute atomic E-state index is 11.5. The van der Waals surface area contributed by atoms with Gasteiger partial charge in [0.15, 0.2) is 28.7 Å². The zero-order chi connectivity index (χ0) is 16.4. The lowest BCUT2D eigenvalue weighted by atomic mass is 9.96. The van der Waals surface area contributed by atoms with Gasteiger partial charge in [-0.1, -0.05) is 11.6 Å². The number of halogens is 1. The molecule has 23 heavy (non-hydrogen) atoms. The van der Waals surface area contributed by atoms with Gasteiger partial charge in [-0.3, -0.25) is 4.57 Å². The van der Waals surface area contributed by atoms with Crippen LogP contribution in [0.2, 0.25) is 5.15 Å². The SMILES string of the molecule is C[C@@]12OC(=O)OC1[C@@H](CO)O[C@H]2n1cnc2c(Cl)nc(N)nc21. The number of nitrogen functional groups attached to an aromatic ring is 1. The number of carbonyl (C=O) groups excluding carboxylic acids is 1. The number of fused-ring (bicyclic) bond motifs is 2. The Morgan fingerprint density at radius 3 is 3.04 bits per heavy atom. The topological polar surface area (TPSA) is 135 Å². The number of rotatable bonds is 2. The van der Waals surface area contributed by atoms with Crippen LogP contribution in [0.1, 0.15) is 13.2 Å². The first-order chi connectivity index (χ1) is 10.9. The number of imidazole rings is 1. The molecule has 0 aliphatic carbocycles. The van der Waals surface area contributed by atoms with Gasteiger partial charge in [-0.25, -0.2) is 9.78 Å². The molecule has 2 saturated heterocycles. The molecule has 1 unspecified atom stereocenters. The van der Waals surface area contributed by atoms with E-state index in [9.17, 15) is 9.90 Å². The van der Waals surface area contributed by atoms with Gasteiger partial charge in [-0.05, 0) is 6.92 Å². The van der Waals surface area contributed by atoms with E-state index in [0.717, 1.165) is 0 Å². The van der Waals surface area contributed by atoms with Crippen LogP contribution in [0.15, 0.2) is 6.33 Å². The lowest BCUT2D eigenvalue weighted by Crippen LogP contribution is -2.41. The fraction of sp³-hybridized carbons (Fsp3) is 0.500. The van der Waals surface area contributed by atoms with Crippen molar-refractivity contribution in [3.05, 3.63) is 11.5 Å². The third-order valence-electron chi connectivity index (χ3n) is 4.05. The lowest BCUT2D eigenvalue weighted by molar-refractivity contribution is -0.0908. The van der Waals surface area contributed by atoms with Crippen LogP contribution < -0.4 is 5.73 Å². The van der Waals surface area contributed by atoms with Crippen molar-refractivity contribution in [2.45, 2.75) is 31.0 Å². The molecule has 2 fully saturated rings. The Bertz CT molecular complexity index is 812. The molecule has 2 aromatic heterocycles. The highest BCUT2D eigenvalue weighted by Gasteiger charge is 2.64. The van der Waals surface area contributed by atoms with Gasteiger partial charge < -0.3 is 25.1 Å². The smallest absolute Gasteiger partial charge is 0.424 e. The molecule has 4 atom stereocenters. The van der Waals surface area contributed by atoms with Gasteiger partial charge in [0.2, 0.25) is 5.95 Å². The predicted molar refractivity (Wildman–Crippen MR) is 75.5 cm³/mol. The molecule has 0 saturated carbocycles.